The predicted molar refractivity (Wildman–Crippen MR) is 89.3 cm³/mol. The minimum absolute atomic E-state index is 0.0941. The Morgan fingerprint density at radius 2 is 1.79 bits per heavy atom. The molecule has 2 amide bonds. The maximum absolute atomic E-state index is 12.7. The Hall–Kier alpha value is -1.63. The topological polar surface area (TPSA) is 77.9 Å². The van der Waals surface area contributed by atoms with E-state index in [1.54, 1.807) is 12.1 Å². The molecule has 1 aromatic carbocycles. The molecule has 0 spiro atoms. The zero-order valence-corrected chi connectivity index (χ0v) is 14.3. The summed E-state index contributed by atoms with van der Waals surface area (Å²) in [5, 5.41) is 9.68. The summed E-state index contributed by atoms with van der Waals surface area (Å²) in [5.41, 5.74) is 0.405. The molecular weight excluding hydrogens is 355 g/mol. The number of carbonyl (C=O) groups excluding carboxylic acids is 2. The normalized spacial score (nSPS) is 23.1. The molecule has 24 heavy (non-hydrogen) atoms. The maximum Gasteiger partial charge on any atom is 0.306 e. The van der Waals surface area contributed by atoms with E-state index >= 15 is 0 Å². The number of anilines is 1. The van der Waals surface area contributed by atoms with Crippen molar-refractivity contribution in [2.24, 2.45) is 5.92 Å². The molecule has 6 nitrogen and oxygen atoms in total. The fourth-order valence-corrected chi connectivity index (χ4v) is 3.55. The summed E-state index contributed by atoms with van der Waals surface area (Å²) in [4.78, 5) is 39.1. The highest BCUT2D eigenvalue weighted by Crippen LogP contribution is 2.32. The van der Waals surface area contributed by atoms with Gasteiger partial charge >= 0.3 is 5.97 Å². The van der Waals surface area contributed by atoms with Crippen molar-refractivity contribution in [1.29, 1.82) is 0 Å². The Labute approximate surface area is 148 Å². The van der Waals surface area contributed by atoms with Crippen molar-refractivity contribution >= 4 is 46.7 Å². The first-order chi connectivity index (χ1) is 11.4. The molecule has 2 aliphatic heterocycles. The molecule has 1 atom stereocenters. The van der Waals surface area contributed by atoms with Gasteiger partial charge in [-0.05, 0) is 44.1 Å². The Morgan fingerprint density at radius 1 is 1.12 bits per heavy atom. The first-order valence-corrected chi connectivity index (χ1v) is 8.43. The zero-order valence-electron chi connectivity index (χ0n) is 12.7. The number of nitrogens with zero attached hydrogens (tertiary/aromatic N) is 2. The summed E-state index contributed by atoms with van der Waals surface area (Å²) >= 11 is 11.8. The van der Waals surface area contributed by atoms with Crippen LogP contribution in [0.25, 0.3) is 0 Å². The van der Waals surface area contributed by atoms with Gasteiger partial charge in [-0.15, -0.1) is 0 Å². The van der Waals surface area contributed by atoms with E-state index in [1.165, 1.54) is 6.07 Å². The molecule has 2 saturated heterocycles. The van der Waals surface area contributed by atoms with Crippen molar-refractivity contribution in [2.75, 3.05) is 18.0 Å². The number of likely N-dealkylation sites (tertiary alicyclic amines) is 1. The van der Waals surface area contributed by atoms with Crippen LogP contribution in [-0.4, -0.2) is 46.9 Å². The van der Waals surface area contributed by atoms with Crippen molar-refractivity contribution in [3.05, 3.63) is 28.2 Å². The van der Waals surface area contributed by atoms with Gasteiger partial charge in [0, 0.05) is 0 Å². The molecule has 1 aromatic rings. The fourth-order valence-electron chi connectivity index (χ4n) is 3.25. The predicted octanol–water partition coefficient (Wildman–Crippen LogP) is 2.42. The summed E-state index contributed by atoms with van der Waals surface area (Å²) in [6.07, 6.45) is 1.07. The number of hydrogen-bond acceptors (Lipinski definition) is 4. The molecular formula is C16H16Cl2N2O4. The van der Waals surface area contributed by atoms with Crippen LogP contribution in [0.4, 0.5) is 5.69 Å². The second kappa shape index (κ2) is 6.70. The highest BCUT2D eigenvalue weighted by molar-refractivity contribution is 6.42. The van der Waals surface area contributed by atoms with E-state index in [-0.39, 0.29) is 29.2 Å². The number of imide groups is 1. The minimum atomic E-state index is -0.805. The molecule has 0 bridgehead atoms. The monoisotopic (exact) mass is 370 g/mol. The number of rotatable bonds is 3. The van der Waals surface area contributed by atoms with Gasteiger partial charge in [0.05, 0.1) is 34.1 Å². The smallest absolute Gasteiger partial charge is 0.306 e. The van der Waals surface area contributed by atoms with Gasteiger partial charge in [0.15, 0.2) is 0 Å². The molecule has 2 fully saturated rings. The van der Waals surface area contributed by atoms with Crippen LogP contribution in [0, 0.1) is 5.92 Å². The summed E-state index contributed by atoms with van der Waals surface area (Å²) in [6, 6.07) is 4.09. The number of benzene rings is 1. The molecule has 2 aliphatic rings. The lowest BCUT2D eigenvalue weighted by molar-refractivity contribution is -0.143. The molecule has 0 saturated carbocycles. The van der Waals surface area contributed by atoms with Crippen LogP contribution < -0.4 is 4.90 Å². The van der Waals surface area contributed by atoms with Crippen molar-refractivity contribution in [1.82, 2.24) is 4.90 Å². The average Bonchev–Trinajstić information content (AvgIpc) is 2.85. The van der Waals surface area contributed by atoms with Crippen molar-refractivity contribution in [3.63, 3.8) is 0 Å². The second-order valence-electron chi connectivity index (χ2n) is 6.03. The molecule has 0 radical (unpaired) electrons. The first-order valence-electron chi connectivity index (χ1n) is 7.67. The number of hydrogen-bond donors (Lipinski definition) is 1. The van der Waals surface area contributed by atoms with Crippen LogP contribution in [0.15, 0.2) is 18.2 Å². The van der Waals surface area contributed by atoms with E-state index in [1.807, 2.05) is 4.90 Å². The Morgan fingerprint density at radius 3 is 2.38 bits per heavy atom. The van der Waals surface area contributed by atoms with Gasteiger partial charge in [0.25, 0.3) is 5.91 Å². The summed E-state index contributed by atoms with van der Waals surface area (Å²) in [6.45, 7) is 0.992. The minimum Gasteiger partial charge on any atom is -0.481 e. The lowest BCUT2D eigenvalue weighted by Crippen LogP contribution is -2.46. The van der Waals surface area contributed by atoms with E-state index < -0.39 is 12.0 Å². The molecule has 2 heterocycles. The molecule has 1 N–H and O–H groups in total. The number of carbonyl (C=O) groups is 3. The Kier molecular flexibility index (Phi) is 4.80. The average molecular weight is 371 g/mol. The van der Waals surface area contributed by atoms with Crippen LogP contribution in [0.2, 0.25) is 10.0 Å². The van der Waals surface area contributed by atoms with Crippen LogP contribution in [0.5, 0.6) is 0 Å². The summed E-state index contributed by atoms with van der Waals surface area (Å²) < 4.78 is 0. The van der Waals surface area contributed by atoms with Crippen LogP contribution in [-0.2, 0) is 14.4 Å². The zero-order chi connectivity index (χ0) is 17.4. The van der Waals surface area contributed by atoms with E-state index in [2.05, 4.69) is 0 Å². The largest absolute Gasteiger partial charge is 0.481 e. The van der Waals surface area contributed by atoms with E-state index in [0.29, 0.717) is 36.6 Å². The van der Waals surface area contributed by atoms with Gasteiger partial charge in [-0.25, -0.2) is 4.90 Å². The molecule has 3 rings (SSSR count). The second-order valence-corrected chi connectivity index (χ2v) is 6.85. The van der Waals surface area contributed by atoms with Crippen LogP contribution in [0.3, 0.4) is 0 Å². The van der Waals surface area contributed by atoms with E-state index in [9.17, 15) is 14.4 Å². The quantitative estimate of drug-likeness (QED) is 0.826. The SMILES string of the molecule is O=C(O)C1CCN([C@H]2CC(=O)N(c3ccc(Cl)c(Cl)c3)C2=O)CC1. The highest BCUT2D eigenvalue weighted by Gasteiger charge is 2.44. The molecule has 8 heteroatoms. The molecule has 0 unspecified atom stereocenters. The lowest BCUT2D eigenvalue weighted by atomic mass is 9.96. The van der Waals surface area contributed by atoms with Crippen molar-refractivity contribution in [2.45, 2.75) is 25.3 Å². The standard InChI is InChI=1S/C16H16Cl2N2O4/c17-11-2-1-10(7-12(11)18)20-14(21)8-13(15(20)22)19-5-3-9(4-6-19)16(23)24/h1-2,7,9,13H,3-6,8H2,(H,23,24)/t13-/m0/s1. The van der Waals surface area contributed by atoms with Gasteiger partial charge in [-0.3, -0.25) is 19.3 Å². The number of carboxylic acid groups (broad SMARTS) is 1. The van der Waals surface area contributed by atoms with Gasteiger partial charge in [-0.2, -0.15) is 0 Å². The van der Waals surface area contributed by atoms with Gasteiger partial charge < -0.3 is 5.11 Å². The maximum atomic E-state index is 12.7. The Balaban J connectivity index is 1.75. The van der Waals surface area contributed by atoms with Gasteiger partial charge in [0.1, 0.15) is 0 Å². The number of carboxylic acids is 1. The molecule has 0 aliphatic carbocycles. The Bertz CT molecular complexity index is 701. The fraction of sp³-hybridized carbons (Fsp3) is 0.438. The van der Waals surface area contributed by atoms with E-state index in [0.717, 1.165) is 4.90 Å². The number of piperidine rings is 1. The van der Waals surface area contributed by atoms with Crippen LogP contribution >= 0.6 is 23.2 Å². The third-order valence-electron chi connectivity index (χ3n) is 4.60. The highest BCUT2D eigenvalue weighted by atomic mass is 35.5. The number of aliphatic carboxylic acids is 1. The summed E-state index contributed by atoms with van der Waals surface area (Å²) in [7, 11) is 0. The lowest BCUT2D eigenvalue weighted by Gasteiger charge is -2.33. The summed E-state index contributed by atoms with van der Waals surface area (Å²) in [5.74, 6) is -1.77. The third kappa shape index (κ3) is 3.14. The number of halogens is 2. The van der Waals surface area contributed by atoms with Gasteiger partial charge in [-0.1, -0.05) is 23.2 Å². The van der Waals surface area contributed by atoms with Gasteiger partial charge in [0.2, 0.25) is 5.91 Å². The van der Waals surface area contributed by atoms with Crippen molar-refractivity contribution in [3.8, 4) is 0 Å². The third-order valence-corrected chi connectivity index (χ3v) is 5.34. The first kappa shape index (κ1) is 17.2. The molecule has 0 aromatic heterocycles. The van der Waals surface area contributed by atoms with Crippen molar-refractivity contribution < 1.29 is 19.5 Å². The van der Waals surface area contributed by atoms with Crippen LogP contribution in [0.1, 0.15) is 19.3 Å². The number of amides is 2. The van der Waals surface area contributed by atoms with E-state index in [4.69, 9.17) is 28.3 Å². The molecule has 128 valence electrons.